The van der Waals surface area contributed by atoms with Crippen LogP contribution in [0.15, 0.2) is 81.1 Å². The van der Waals surface area contributed by atoms with Gasteiger partial charge in [-0.05, 0) is 60.0 Å². The fraction of sp³-hybridized carbons (Fsp3) is 0.192. The second kappa shape index (κ2) is 10.3. The van der Waals surface area contributed by atoms with Crippen LogP contribution in [0.1, 0.15) is 43.1 Å². The average Bonchev–Trinajstić information content (AvgIpc) is 2.83. The molecule has 0 aliphatic heterocycles. The Hall–Kier alpha value is -2.96. The summed E-state index contributed by atoms with van der Waals surface area (Å²) in [5, 5.41) is 5.74. The summed E-state index contributed by atoms with van der Waals surface area (Å²) in [7, 11) is 0. The summed E-state index contributed by atoms with van der Waals surface area (Å²) in [6, 6.07) is 20.6. The summed E-state index contributed by atoms with van der Waals surface area (Å²) < 4.78 is 8.14. The maximum absolute atomic E-state index is 13.2. The third kappa shape index (κ3) is 5.52. The number of halogens is 2. The Kier molecular flexibility index (Phi) is 7.26. The molecule has 4 aromatic rings. The summed E-state index contributed by atoms with van der Waals surface area (Å²) in [6.45, 7) is 4.54. The van der Waals surface area contributed by atoms with E-state index in [0.717, 1.165) is 22.0 Å². The first kappa shape index (κ1) is 23.2. The first-order chi connectivity index (χ1) is 15.9. The minimum Gasteiger partial charge on any atom is -0.489 e. The highest BCUT2D eigenvalue weighted by atomic mass is 79.9. The van der Waals surface area contributed by atoms with Crippen LogP contribution in [0.2, 0.25) is 5.02 Å². The molecule has 1 heterocycles. The minimum absolute atomic E-state index is 0.0805. The maximum Gasteiger partial charge on any atom is 0.282 e. The Morgan fingerprint density at radius 2 is 1.94 bits per heavy atom. The Balaban J connectivity index is 1.63. The Labute approximate surface area is 205 Å². The smallest absolute Gasteiger partial charge is 0.282 e. The molecule has 0 aliphatic rings. The summed E-state index contributed by atoms with van der Waals surface area (Å²) >= 11 is 9.38. The van der Waals surface area contributed by atoms with Gasteiger partial charge >= 0.3 is 0 Å². The van der Waals surface area contributed by atoms with E-state index in [-0.39, 0.29) is 11.5 Å². The number of benzene rings is 3. The zero-order valence-electron chi connectivity index (χ0n) is 18.3. The fourth-order valence-corrected chi connectivity index (χ4v) is 3.82. The Morgan fingerprint density at radius 1 is 1.15 bits per heavy atom. The van der Waals surface area contributed by atoms with E-state index >= 15 is 0 Å². The summed E-state index contributed by atoms with van der Waals surface area (Å²) in [4.78, 5) is 18.0. The van der Waals surface area contributed by atoms with Crippen molar-refractivity contribution in [3.05, 3.63) is 104 Å². The first-order valence-corrected chi connectivity index (χ1v) is 11.9. The fourth-order valence-electron chi connectivity index (χ4n) is 3.34. The van der Waals surface area contributed by atoms with E-state index in [1.807, 2.05) is 67.6 Å². The lowest BCUT2D eigenvalue weighted by atomic mass is 10.1. The van der Waals surface area contributed by atoms with Gasteiger partial charge in [-0.25, -0.2) is 4.98 Å². The van der Waals surface area contributed by atoms with Gasteiger partial charge in [-0.3, -0.25) is 4.79 Å². The van der Waals surface area contributed by atoms with Gasteiger partial charge in [0.1, 0.15) is 18.2 Å². The zero-order valence-corrected chi connectivity index (χ0v) is 20.7. The number of nitrogens with zero attached hydrogens (tertiary/aromatic N) is 3. The molecule has 0 radical (unpaired) electrons. The van der Waals surface area contributed by atoms with Crippen LogP contribution in [-0.2, 0) is 6.61 Å². The molecule has 0 bridgehead atoms. The molecule has 1 atom stereocenters. The van der Waals surface area contributed by atoms with E-state index in [4.69, 9.17) is 21.3 Å². The molecule has 0 unspecified atom stereocenters. The van der Waals surface area contributed by atoms with E-state index in [2.05, 4.69) is 28.0 Å². The number of rotatable bonds is 7. The SMILES string of the molecule is CC[C@H](C)c1nc2ccc(Br)cc2c(=O)n1N=Cc1cccc(OCc2ccc(Cl)cc2)c1. The van der Waals surface area contributed by atoms with Crippen molar-refractivity contribution in [2.75, 3.05) is 0 Å². The van der Waals surface area contributed by atoms with E-state index in [0.29, 0.717) is 34.1 Å². The lowest BCUT2D eigenvalue weighted by Crippen LogP contribution is -2.23. The number of ether oxygens (including phenoxy) is 1. The Morgan fingerprint density at radius 3 is 2.70 bits per heavy atom. The van der Waals surface area contributed by atoms with Crippen LogP contribution in [0.5, 0.6) is 5.75 Å². The molecule has 3 aromatic carbocycles. The van der Waals surface area contributed by atoms with Crippen LogP contribution in [0.4, 0.5) is 0 Å². The molecule has 0 N–H and O–H groups in total. The maximum atomic E-state index is 13.2. The summed E-state index contributed by atoms with van der Waals surface area (Å²) in [6.07, 6.45) is 2.51. The van der Waals surface area contributed by atoms with Gasteiger partial charge in [0.25, 0.3) is 5.56 Å². The second-order valence-corrected chi connectivity index (χ2v) is 9.14. The standard InChI is InChI=1S/C26H23BrClN3O2/c1-3-17(2)25-30-24-12-9-20(27)14-23(24)26(32)31(25)29-15-19-5-4-6-22(13-19)33-16-18-7-10-21(28)11-8-18/h4-15,17H,3,16H2,1-2H3/t17-/m0/s1. The topological polar surface area (TPSA) is 56.5 Å². The van der Waals surface area contributed by atoms with E-state index < -0.39 is 0 Å². The van der Waals surface area contributed by atoms with Crippen molar-refractivity contribution in [1.29, 1.82) is 0 Å². The van der Waals surface area contributed by atoms with Crippen molar-refractivity contribution in [3.63, 3.8) is 0 Å². The van der Waals surface area contributed by atoms with Crippen molar-refractivity contribution < 1.29 is 4.74 Å². The van der Waals surface area contributed by atoms with Gasteiger partial charge in [0.2, 0.25) is 0 Å². The number of hydrogen-bond acceptors (Lipinski definition) is 4. The van der Waals surface area contributed by atoms with Crippen LogP contribution < -0.4 is 10.3 Å². The molecule has 33 heavy (non-hydrogen) atoms. The third-order valence-electron chi connectivity index (χ3n) is 5.39. The van der Waals surface area contributed by atoms with Crippen molar-refractivity contribution in [3.8, 4) is 5.75 Å². The van der Waals surface area contributed by atoms with Crippen molar-refractivity contribution in [2.45, 2.75) is 32.8 Å². The number of hydrogen-bond donors (Lipinski definition) is 0. The Bertz CT molecular complexity index is 1370. The highest BCUT2D eigenvalue weighted by Crippen LogP contribution is 2.21. The van der Waals surface area contributed by atoms with Crippen molar-refractivity contribution in [2.24, 2.45) is 5.10 Å². The molecule has 0 spiro atoms. The molecular formula is C26H23BrClN3O2. The highest BCUT2D eigenvalue weighted by molar-refractivity contribution is 9.10. The summed E-state index contributed by atoms with van der Waals surface area (Å²) in [5.74, 6) is 1.43. The molecule has 0 fully saturated rings. The third-order valence-corrected chi connectivity index (χ3v) is 6.13. The molecule has 4 rings (SSSR count). The van der Waals surface area contributed by atoms with Crippen LogP contribution >= 0.6 is 27.5 Å². The zero-order chi connectivity index (χ0) is 23.4. The van der Waals surface area contributed by atoms with Gasteiger partial charge in [0.05, 0.1) is 17.1 Å². The number of aromatic nitrogens is 2. The normalized spacial score (nSPS) is 12.4. The summed E-state index contributed by atoms with van der Waals surface area (Å²) in [5.41, 5.74) is 2.32. The molecule has 168 valence electrons. The lowest BCUT2D eigenvalue weighted by Gasteiger charge is -2.14. The van der Waals surface area contributed by atoms with Gasteiger partial charge < -0.3 is 4.74 Å². The molecule has 0 saturated carbocycles. The van der Waals surface area contributed by atoms with Crippen molar-refractivity contribution >= 4 is 44.6 Å². The highest BCUT2D eigenvalue weighted by Gasteiger charge is 2.15. The van der Waals surface area contributed by atoms with Gasteiger partial charge in [0.15, 0.2) is 0 Å². The molecule has 0 aliphatic carbocycles. The minimum atomic E-state index is -0.192. The monoisotopic (exact) mass is 523 g/mol. The molecule has 5 nitrogen and oxygen atoms in total. The van der Waals surface area contributed by atoms with Gasteiger partial charge in [0, 0.05) is 15.4 Å². The van der Waals surface area contributed by atoms with E-state index in [1.54, 1.807) is 12.3 Å². The molecule has 7 heteroatoms. The predicted molar refractivity (Wildman–Crippen MR) is 138 cm³/mol. The van der Waals surface area contributed by atoms with Gasteiger partial charge in [-0.1, -0.05) is 65.6 Å². The van der Waals surface area contributed by atoms with Crippen molar-refractivity contribution in [1.82, 2.24) is 9.66 Å². The predicted octanol–water partition coefficient (Wildman–Crippen LogP) is 6.79. The quantitative estimate of drug-likeness (QED) is 0.250. The molecule has 0 amide bonds. The number of fused-ring (bicyclic) bond motifs is 1. The van der Waals surface area contributed by atoms with Crippen LogP contribution in [-0.4, -0.2) is 15.9 Å². The molecule has 1 aromatic heterocycles. The van der Waals surface area contributed by atoms with Crippen LogP contribution in [0.25, 0.3) is 10.9 Å². The van der Waals surface area contributed by atoms with Gasteiger partial charge in [-0.2, -0.15) is 9.78 Å². The van der Waals surface area contributed by atoms with E-state index in [9.17, 15) is 4.79 Å². The van der Waals surface area contributed by atoms with Crippen LogP contribution in [0.3, 0.4) is 0 Å². The largest absolute Gasteiger partial charge is 0.489 e. The van der Waals surface area contributed by atoms with Crippen LogP contribution in [0, 0.1) is 0 Å². The van der Waals surface area contributed by atoms with E-state index in [1.165, 1.54) is 4.68 Å². The lowest BCUT2D eigenvalue weighted by molar-refractivity contribution is 0.306. The second-order valence-electron chi connectivity index (χ2n) is 7.79. The average molecular weight is 525 g/mol. The molecule has 0 saturated heterocycles. The first-order valence-electron chi connectivity index (χ1n) is 10.7. The van der Waals surface area contributed by atoms with Gasteiger partial charge in [-0.15, -0.1) is 0 Å². The molecular weight excluding hydrogens is 502 g/mol.